The Kier molecular flexibility index (Phi) is 5.59. The van der Waals surface area contributed by atoms with E-state index in [1.165, 1.54) is 44.2 Å². The van der Waals surface area contributed by atoms with E-state index in [2.05, 4.69) is 152 Å². The van der Waals surface area contributed by atoms with Gasteiger partial charge in [0.15, 0.2) is 5.82 Å². The Bertz CT molecular complexity index is 2780. The first-order valence-electron chi connectivity index (χ1n) is 17.1. The van der Waals surface area contributed by atoms with Crippen LogP contribution in [-0.2, 0) is 5.41 Å². The number of para-hydroxylation sites is 1. The fourth-order valence-electron chi connectivity index (χ4n) is 8.56. The standard InChI is InChI=1S/C47H28N2O/c1-2-13-30(14-3-1)46-48-41(32-23-22-29-12-4-5-15-31(29)26-32)28-42(49-46)33-24-25-36-40(27-33)47(44-37-18-8-11-21-43(37)50-45(36)44)38-19-9-6-16-34(38)35-17-7-10-20-39(35)47/h1-28H. The van der Waals surface area contributed by atoms with E-state index in [0.717, 1.165) is 50.4 Å². The molecule has 0 saturated carbocycles. The summed E-state index contributed by atoms with van der Waals surface area (Å²) >= 11 is 0. The summed E-state index contributed by atoms with van der Waals surface area (Å²) in [7, 11) is 0. The van der Waals surface area contributed by atoms with Gasteiger partial charge in [0.25, 0.3) is 0 Å². The molecule has 0 aliphatic heterocycles. The Morgan fingerprint density at radius 3 is 1.82 bits per heavy atom. The molecule has 0 N–H and O–H groups in total. The van der Waals surface area contributed by atoms with Gasteiger partial charge in [0, 0.05) is 33.2 Å². The molecule has 0 fully saturated rings. The molecule has 2 aliphatic carbocycles. The Hall–Kier alpha value is -6.58. The molecule has 7 aromatic carbocycles. The van der Waals surface area contributed by atoms with Crippen molar-refractivity contribution in [2.45, 2.75) is 5.41 Å². The number of benzene rings is 7. The summed E-state index contributed by atoms with van der Waals surface area (Å²) in [4.78, 5) is 10.4. The van der Waals surface area contributed by atoms with Crippen LogP contribution in [-0.4, -0.2) is 9.97 Å². The number of rotatable bonds is 3. The second kappa shape index (κ2) is 10.2. The van der Waals surface area contributed by atoms with Crippen molar-refractivity contribution in [3.63, 3.8) is 0 Å². The van der Waals surface area contributed by atoms with Crippen LogP contribution in [0.5, 0.6) is 0 Å². The van der Waals surface area contributed by atoms with Crippen LogP contribution in [0.1, 0.15) is 22.3 Å². The average Bonchev–Trinajstić information content (AvgIpc) is 3.81. The highest BCUT2D eigenvalue weighted by atomic mass is 16.3. The van der Waals surface area contributed by atoms with Crippen molar-refractivity contribution in [3.05, 3.63) is 192 Å². The molecule has 2 heterocycles. The molecule has 0 radical (unpaired) electrons. The molecule has 2 aliphatic rings. The average molecular weight is 637 g/mol. The van der Waals surface area contributed by atoms with Gasteiger partial charge >= 0.3 is 0 Å². The van der Waals surface area contributed by atoms with Crippen molar-refractivity contribution in [2.24, 2.45) is 0 Å². The summed E-state index contributed by atoms with van der Waals surface area (Å²) in [6.45, 7) is 0. The molecule has 3 nitrogen and oxygen atoms in total. The van der Waals surface area contributed by atoms with Crippen molar-refractivity contribution < 1.29 is 4.42 Å². The molecule has 0 saturated heterocycles. The number of hydrogen-bond acceptors (Lipinski definition) is 3. The van der Waals surface area contributed by atoms with Crippen molar-refractivity contribution in [2.75, 3.05) is 0 Å². The van der Waals surface area contributed by atoms with E-state index in [1.807, 2.05) is 18.2 Å². The van der Waals surface area contributed by atoms with Crippen LogP contribution in [0.15, 0.2) is 174 Å². The van der Waals surface area contributed by atoms with Crippen LogP contribution >= 0.6 is 0 Å². The first-order chi connectivity index (χ1) is 24.8. The largest absolute Gasteiger partial charge is 0.456 e. The van der Waals surface area contributed by atoms with Crippen LogP contribution in [0.3, 0.4) is 0 Å². The minimum absolute atomic E-state index is 0.531. The van der Waals surface area contributed by atoms with Crippen molar-refractivity contribution in [3.8, 4) is 56.4 Å². The van der Waals surface area contributed by atoms with E-state index in [4.69, 9.17) is 14.4 Å². The lowest BCUT2D eigenvalue weighted by Gasteiger charge is -2.30. The summed E-state index contributed by atoms with van der Waals surface area (Å²) < 4.78 is 6.76. The second-order valence-electron chi connectivity index (χ2n) is 13.3. The summed E-state index contributed by atoms with van der Waals surface area (Å²) in [6.07, 6.45) is 0. The topological polar surface area (TPSA) is 38.9 Å². The summed E-state index contributed by atoms with van der Waals surface area (Å²) in [6, 6.07) is 60.5. The Balaban J connectivity index is 1.19. The minimum atomic E-state index is -0.531. The molecule has 2 aromatic heterocycles. The SMILES string of the molecule is c1ccc(-c2nc(-c3ccc4c(c3)C3(c5ccccc5-c5ccccc53)c3c-4oc4ccccc34)cc(-c3ccc4ccccc4c3)n2)cc1. The molecule has 9 aromatic rings. The first kappa shape index (κ1) is 27.4. The zero-order chi connectivity index (χ0) is 32.8. The number of nitrogens with zero attached hydrogens (tertiary/aromatic N) is 2. The van der Waals surface area contributed by atoms with Crippen LogP contribution in [0.2, 0.25) is 0 Å². The Morgan fingerprint density at radius 1 is 0.420 bits per heavy atom. The molecule has 3 heteroatoms. The highest BCUT2D eigenvalue weighted by Gasteiger charge is 2.54. The summed E-state index contributed by atoms with van der Waals surface area (Å²) in [5, 5.41) is 3.54. The lowest BCUT2D eigenvalue weighted by molar-refractivity contribution is 0.628. The molecule has 232 valence electrons. The zero-order valence-electron chi connectivity index (χ0n) is 27.0. The fraction of sp³-hybridized carbons (Fsp3) is 0.0213. The number of fused-ring (bicyclic) bond motifs is 13. The zero-order valence-corrected chi connectivity index (χ0v) is 27.0. The van der Waals surface area contributed by atoms with Crippen LogP contribution in [0.25, 0.3) is 78.1 Å². The molecule has 0 amide bonds. The van der Waals surface area contributed by atoms with Crippen molar-refractivity contribution in [1.29, 1.82) is 0 Å². The molecular formula is C47H28N2O. The normalized spacial score (nSPS) is 13.4. The lowest BCUT2D eigenvalue weighted by Crippen LogP contribution is -2.25. The van der Waals surface area contributed by atoms with E-state index in [9.17, 15) is 0 Å². The van der Waals surface area contributed by atoms with Gasteiger partial charge in [0.05, 0.1) is 16.8 Å². The van der Waals surface area contributed by atoms with E-state index in [0.29, 0.717) is 5.82 Å². The monoisotopic (exact) mass is 636 g/mol. The Morgan fingerprint density at radius 2 is 1.04 bits per heavy atom. The first-order valence-corrected chi connectivity index (χ1v) is 17.1. The third-order valence-corrected chi connectivity index (χ3v) is 10.7. The third kappa shape index (κ3) is 3.69. The smallest absolute Gasteiger partial charge is 0.160 e. The van der Waals surface area contributed by atoms with Gasteiger partial charge in [-0.25, -0.2) is 9.97 Å². The van der Waals surface area contributed by atoms with Crippen molar-refractivity contribution >= 4 is 21.7 Å². The van der Waals surface area contributed by atoms with Crippen LogP contribution in [0.4, 0.5) is 0 Å². The molecular weight excluding hydrogens is 609 g/mol. The maximum Gasteiger partial charge on any atom is 0.160 e. The number of hydrogen-bond donors (Lipinski definition) is 0. The quantitative estimate of drug-likeness (QED) is 0.194. The van der Waals surface area contributed by atoms with E-state index >= 15 is 0 Å². The minimum Gasteiger partial charge on any atom is -0.456 e. The van der Waals surface area contributed by atoms with Crippen LogP contribution in [0, 0.1) is 0 Å². The highest BCUT2D eigenvalue weighted by molar-refractivity contribution is 6.02. The third-order valence-electron chi connectivity index (χ3n) is 10.7. The Labute approximate surface area is 289 Å². The second-order valence-corrected chi connectivity index (χ2v) is 13.3. The van der Waals surface area contributed by atoms with Gasteiger partial charge in [-0.05, 0) is 62.9 Å². The molecule has 0 atom stereocenters. The number of aromatic nitrogens is 2. The lowest BCUT2D eigenvalue weighted by atomic mass is 9.70. The van der Waals surface area contributed by atoms with Gasteiger partial charge in [-0.2, -0.15) is 0 Å². The van der Waals surface area contributed by atoms with Gasteiger partial charge < -0.3 is 4.42 Å². The molecule has 0 bridgehead atoms. The predicted octanol–water partition coefficient (Wildman–Crippen LogP) is 11.7. The molecule has 50 heavy (non-hydrogen) atoms. The fourth-order valence-corrected chi connectivity index (χ4v) is 8.56. The highest BCUT2D eigenvalue weighted by Crippen LogP contribution is 2.65. The van der Waals surface area contributed by atoms with Gasteiger partial charge in [-0.3, -0.25) is 0 Å². The molecule has 0 unspecified atom stereocenters. The molecule has 11 rings (SSSR count). The van der Waals surface area contributed by atoms with E-state index in [-0.39, 0.29) is 0 Å². The van der Waals surface area contributed by atoms with Gasteiger partial charge in [0.1, 0.15) is 11.3 Å². The predicted molar refractivity (Wildman–Crippen MR) is 202 cm³/mol. The molecule has 1 spiro atoms. The summed E-state index contributed by atoms with van der Waals surface area (Å²) in [5.41, 5.74) is 13.9. The maximum absolute atomic E-state index is 6.76. The van der Waals surface area contributed by atoms with Gasteiger partial charge in [-0.15, -0.1) is 0 Å². The maximum atomic E-state index is 6.76. The number of furan rings is 1. The summed E-state index contributed by atoms with van der Waals surface area (Å²) in [5.74, 6) is 1.65. The van der Waals surface area contributed by atoms with E-state index < -0.39 is 5.41 Å². The van der Waals surface area contributed by atoms with Crippen LogP contribution < -0.4 is 0 Å². The van der Waals surface area contributed by atoms with Crippen molar-refractivity contribution in [1.82, 2.24) is 9.97 Å². The van der Waals surface area contributed by atoms with Gasteiger partial charge in [-0.1, -0.05) is 146 Å². The van der Waals surface area contributed by atoms with E-state index in [1.54, 1.807) is 0 Å². The van der Waals surface area contributed by atoms with Gasteiger partial charge in [0.2, 0.25) is 0 Å².